The van der Waals surface area contributed by atoms with Crippen molar-refractivity contribution in [1.29, 1.82) is 0 Å². The topological polar surface area (TPSA) is 80.3 Å². The van der Waals surface area contributed by atoms with E-state index in [0.29, 0.717) is 13.1 Å². The molecule has 1 atom stereocenters. The van der Waals surface area contributed by atoms with Crippen LogP contribution in [0.2, 0.25) is 0 Å². The van der Waals surface area contributed by atoms with Crippen molar-refractivity contribution < 1.29 is 14.3 Å². The molecule has 0 saturated carbocycles. The predicted octanol–water partition coefficient (Wildman–Crippen LogP) is 1.91. The summed E-state index contributed by atoms with van der Waals surface area (Å²) in [7, 11) is 0. The number of nitrogens with zero attached hydrogens (tertiary/aromatic N) is 2. The van der Waals surface area contributed by atoms with Gasteiger partial charge in [-0.15, -0.1) is 0 Å². The van der Waals surface area contributed by atoms with Crippen LogP contribution in [-0.2, 0) is 30.7 Å². The molecular formula is C16H21N3O3. The van der Waals surface area contributed by atoms with Crippen LogP contribution in [0.25, 0.3) is 0 Å². The lowest BCUT2D eigenvalue weighted by Crippen LogP contribution is -2.39. The Bertz CT molecular complexity index is 636. The predicted molar refractivity (Wildman–Crippen MR) is 80.6 cm³/mol. The number of furan rings is 1. The zero-order valence-electron chi connectivity index (χ0n) is 12.7. The summed E-state index contributed by atoms with van der Waals surface area (Å²) in [5.41, 5.74) is 2.29. The van der Waals surface area contributed by atoms with E-state index in [1.807, 2.05) is 13.1 Å². The second kappa shape index (κ2) is 6.36. The van der Waals surface area contributed by atoms with Crippen LogP contribution in [0.3, 0.4) is 0 Å². The fraction of sp³-hybridized carbons (Fsp3) is 0.500. The Morgan fingerprint density at radius 3 is 3.00 bits per heavy atom. The fourth-order valence-corrected chi connectivity index (χ4v) is 2.85. The summed E-state index contributed by atoms with van der Waals surface area (Å²) in [5, 5.41) is 16.5. The van der Waals surface area contributed by atoms with Gasteiger partial charge in [0.1, 0.15) is 17.6 Å². The van der Waals surface area contributed by atoms with Crippen molar-refractivity contribution in [2.24, 2.45) is 0 Å². The summed E-state index contributed by atoms with van der Waals surface area (Å²) < 4.78 is 7.46. The van der Waals surface area contributed by atoms with Gasteiger partial charge in [0.05, 0.1) is 19.3 Å². The van der Waals surface area contributed by atoms with E-state index in [1.54, 1.807) is 10.9 Å². The van der Waals surface area contributed by atoms with E-state index >= 15 is 0 Å². The highest BCUT2D eigenvalue weighted by molar-refractivity contribution is 5.73. The molecule has 2 heterocycles. The lowest BCUT2D eigenvalue weighted by Gasteiger charge is -2.13. The van der Waals surface area contributed by atoms with E-state index in [-0.39, 0.29) is 0 Å². The first-order valence-corrected chi connectivity index (χ1v) is 7.67. The molecule has 0 radical (unpaired) electrons. The quantitative estimate of drug-likeness (QED) is 0.852. The second-order valence-electron chi connectivity index (χ2n) is 5.88. The van der Waals surface area contributed by atoms with Gasteiger partial charge in [-0.2, -0.15) is 5.10 Å². The van der Waals surface area contributed by atoms with E-state index in [9.17, 15) is 9.90 Å². The van der Waals surface area contributed by atoms with Crippen molar-refractivity contribution in [1.82, 2.24) is 15.1 Å². The highest BCUT2D eigenvalue weighted by Crippen LogP contribution is 2.24. The molecule has 0 bridgehead atoms. The summed E-state index contributed by atoms with van der Waals surface area (Å²) in [5.74, 6) is 0.997. The molecule has 0 fully saturated rings. The summed E-state index contributed by atoms with van der Waals surface area (Å²) >= 11 is 0. The molecule has 0 aromatic carbocycles. The summed E-state index contributed by atoms with van der Waals surface area (Å²) in [4.78, 5) is 11.4. The minimum Gasteiger partial charge on any atom is -0.480 e. The standard InChI is InChI=1S/C16H21N3O3/c1-11-7-18-19(9-11)10-14(16(20)21)17-8-13-6-12-4-2-3-5-15(12)22-13/h6-7,9,14,17H,2-5,8,10H2,1H3,(H,20,21). The molecule has 2 N–H and O–H groups in total. The van der Waals surface area contributed by atoms with Gasteiger partial charge in [-0.05, 0) is 43.4 Å². The molecule has 1 unspecified atom stereocenters. The van der Waals surface area contributed by atoms with Gasteiger partial charge < -0.3 is 9.52 Å². The number of carboxylic acid groups (broad SMARTS) is 1. The average molecular weight is 303 g/mol. The van der Waals surface area contributed by atoms with Crippen LogP contribution in [0.5, 0.6) is 0 Å². The van der Waals surface area contributed by atoms with E-state index in [0.717, 1.165) is 29.9 Å². The smallest absolute Gasteiger partial charge is 0.322 e. The molecule has 1 aliphatic rings. The SMILES string of the molecule is Cc1cnn(CC(NCc2cc3c(o2)CCCC3)C(=O)O)c1. The normalized spacial score (nSPS) is 15.5. The van der Waals surface area contributed by atoms with Crippen LogP contribution in [-0.4, -0.2) is 26.9 Å². The van der Waals surface area contributed by atoms with Crippen LogP contribution in [0.15, 0.2) is 22.9 Å². The van der Waals surface area contributed by atoms with Crippen molar-refractivity contribution in [3.63, 3.8) is 0 Å². The Hall–Kier alpha value is -2.08. The number of hydrogen-bond acceptors (Lipinski definition) is 4. The molecule has 3 rings (SSSR count). The first-order valence-electron chi connectivity index (χ1n) is 7.67. The first kappa shape index (κ1) is 14.8. The number of carbonyl (C=O) groups is 1. The number of fused-ring (bicyclic) bond motifs is 1. The molecule has 118 valence electrons. The van der Waals surface area contributed by atoms with Crippen molar-refractivity contribution in [2.75, 3.05) is 0 Å². The third-order valence-electron chi connectivity index (χ3n) is 4.00. The molecule has 0 aliphatic heterocycles. The minimum absolute atomic E-state index is 0.295. The Kier molecular flexibility index (Phi) is 4.29. The number of aromatic nitrogens is 2. The van der Waals surface area contributed by atoms with Gasteiger partial charge in [0.2, 0.25) is 0 Å². The van der Waals surface area contributed by atoms with Crippen LogP contribution < -0.4 is 5.32 Å². The van der Waals surface area contributed by atoms with Gasteiger partial charge in [0.15, 0.2) is 0 Å². The van der Waals surface area contributed by atoms with Crippen LogP contribution in [0, 0.1) is 6.92 Å². The van der Waals surface area contributed by atoms with Crippen LogP contribution >= 0.6 is 0 Å². The fourth-order valence-electron chi connectivity index (χ4n) is 2.85. The van der Waals surface area contributed by atoms with E-state index in [1.165, 1.54) is 18.4 Å². The number of hydrogen-bond donors (Lipinski definition) is 2. The molecule has 0 saturated heterocycles. The Morgan fingerprint density at radius 1 is 1.50 bits per heavy atom. The molecule has 1 aliphatic carbocycles. The lowest BCUT2D eigenvalue weighted by atomic mass is 9.99. The van der Waals surface area contributed by atoms with Gasteiger partial charge in [-0.1, -0.05) is 0 Å². The maximum atomic E-state index is 11.4. The number of aliphatic carboxylic acids is 1. The Balaban J connectivity index is 1.61. The summed E-state index contributed by atoms with van der Waals surface area (Å²) in [6.07, 6.45) is 7.99. The van der Waals surface area contributed by atoms with Gasteiger partial charge in [0, 0.05) is 12.6 Å². The van der Waals surface area contributed by atoms with Gasteiger partial charge in [0.25, 0.3) is 0 Å². The zero-order valence-corrected chi connectivity index (χ0v) is 12.7. The number of aryl methyl sites for hydroxylation is 3. The Labute approximate surface area is 129 Å². The molecule has 2 aromatic heterocycles. The van der Waals surface area contributed by atoms with Crippen molar-refractivity contribution in [2.45, 2.75) is 51.7 Å². The molecule has 22 heavy (non-hydrogen) atoms. The Morgan fingerprint density at radius 2 is 2.32 bits per heavy atom. The van der Waals surface area contributed by atoms with Crippen molar-refractivity contribution >= 4 is 5.97 Å². The monoisotopic (exact) mass is 303 g/mol. The third kappa shape index (κ3) is 3.39. The number of rotatable bonds is 6. The molecule has 2 aromatic rings. The third-order valence-corrected chi connectivity index (χ3v) is 4.00. The highest BCUT2D eigenvalue weighted by Gasteiger charge is 2.20. The molecule has 0 spiro atoms. The van der Waals surface area contributed by atoms with E-state index in [2.05, 4.69) is 16.5 Å². The number of nitrogens with one attached hydrogen (secondary N) is 1. The van der Waals surface area contributed by atoms with Gasteiger partial charge >= 0.3 is 5.97 Å². The average Bonchev–Trinajstić information content (AvgIpc) is 3.08. The summed E-state index contributed by atoms with van der Waals surface area (Å²) in [6, 6.07) is 1.36. The maximum absolute atomic E-state index is 11.4. The van der Waals surface area contributed by atoms with Gasteiger partial charge in [-0.25, -0.2) is 0 Å². The van der Waals surface area contributed by atoms with Gasteiger partial charge in [-0.3, -0.25) is 14.8 Å². The van der Waals surface area contributed by atoms with E-state index < -0.39 is 12.0 Å². The van der Waals surface area contributed by atoms with Crippen molar-refractivity contribution in [3.05, 3.63) is 41.1 Å². The lowest BCUT2D eigenvalue weighted by molar-refractivity contribution is -0.140. The molecule has 0 amide bonds. The van der Waals surface area contributed by atoms with Crippen molar-refractivity contribution in [3.8, 4) is 0 Å². The largest absolute Gasteiger partial charge is 0.480 e. The molecule has 6 nitrogen and oxygen atoms in total. The number of carboxylic acids is 1. The van der Waals surface area contributed by atoms with Crippen LogP contribution in [0.1, 0.15) is 35.5 Å². The zero-order chi connectivity index (χ0) is 15.5. The first-order chi connectivity index (χ1) is 10.6. The van der Waals surface area contributed by atoms with Crippen LogP contribution in [0.4, 0.5) is 0 Å². The maximum Gasteiger partial charge on any atom is 0.322 e. The molecule has 6 heteroatoms. The van der Waals surface area contributed by atoms with E-state index in [4.69, 9.17) is 4.42 Å². The minimum atomic E-state index is -0.885. The molecular weight excluding hydrogens is 282 g/mol. The second-order valence-corrected chi connectivity index (χ2v) is 5.88. The summed E-state index contributed by atoms with van der Waals surface area (Å²) in [6.45, 7) is 2.65. The highest BCUT2D eigenvalue weighted by atomic mass is 16.4.